The maximum Gasteiger partial charge on any atom is 0.307 e. The van der Waals surface area contributed by atoms with E-state index >= 15 is 0 Å². The number of ether oxygens (including phenoxy) is 2. The lowest BCUT2D eigenvalue weighted by Crippen LogP contribution is -2.43. The molecule has 0 aliphatic carbocycles. The van der Waals surface area contributed by atoms with Gasteiger partial charge >= 0.3 is 5.97 Å². The predicted molar refractivity (Wildman–Crippen MR) is 66.2 cm³/mol. The fraction of sp³-hybridized carbons (Fsp3) is 0.917. The molecule has 0 heterocycles. The second kappa shape index (κ2) is 9.39. The van der Waals surface area contributed by atoms with E-state index in [2.05, 4.69) is 4.90 Å². The number of rotatable bonds is 10. The molecule has 0 saturated carbocycles. The monoisotopic (exact) mass is 247 g/mol. The van der Waals surface area contributed by atoms with E-state index in [1.807, 2.05) is 6.92 Å². The first-order chi connectivity index (χ1) is 8.04. The number of hydrogen-bond donors (Lipinski definition) is 1. The van der Waals surface area contributed by atoms with Crippen LogP contribution in [0, 0.1) is 5.92 Å². The van der Waals surface area contributed by atoms with Crippen LogP contribution in [0.15, 0.2) is 0 Å². The molecule has 0 aromatic carbocycles. The van der Waals surface area contributed by atoms with Gasteiger partial charge in [0.1, 0.15) is 0 Å². The molecule has 0 amide bonds. The van der Waals surface area contributed by atoms with Crippen LogP contribution in [0.5, 0.6) is 0 Å². The van der Waals surface area contributed by atoms with E-state index in [1.54, 1.807) is 21.1 Å². The van der Waals surface area contributed by atoms with Gasteiger partial charge in [0.05, 0.1) is 12.5 Å². The fourth-order valence-corrected chi connectivity index (χ4v) is 1.66. The number of methoxy groups -OCH3 is 2. The van der Waals surface area contributed by atoms with Crippen LogP contribution in [0.3, 0.4) is 0 Å². The van der Waals surface area contributed by atoms with Gasteiger partial charge in [0, 0.05) is 40.0 Å². The van der Waals surface area contributed by atoms with Gasteiger partial charge in [-0.2, -0.15) is 0 Å². The zero-order chi connectivity index (χ0) is 13.3. The van der Waals surface area contributed by atoms with Crippen LogP contribution in [0.1, 0.15) is 20.3 Å². The van der Waals surface area contributed by atoms with Crippen LogP contribution in [0.4, 0.5) is 0 Å². The van der Waals surface area contributed by atoms with E-state index in [4.69, 9.17) is 14.6 Å². The second-order valence-electron chi connectivity index (χ2n) is 4.24. The molecule has 1 N–H and O–H groups in total. The van der Waals surface area contributed by atoms with Gasteiger partial charge in [-0.15, -0.1) is 0 Å². The van der Waals surface area contributed by atoms with Gasteiger partial charge in [-0.25, -0.2) is 0 Å². The fourth-order valence-electron chi connectivity index (χ4n) is 1.66. The van der Waals surface area contributed by atoms with Crippen LogP contribution in [-0.2, 0) is 14.3 Å². The van der Waals surface area contributed by atoms with Crippen molar-refractivity contribution in [3.63, 3.8) is 0 Å². The van der Waals surface area contributed by atoms with Gasteiger partial charge in [0.15, 0.2) is 0 Å². The third-order valence-corrected chi connectivity index (χ3v) is 3.07. The van der Waals surface area contributed by atoms with Crippen molar-refractivity contribution < 1.29 is 19.4 Å². The highest BCUT2D eigenvalue weighted by Crippen LogP contribution is 2.11. The summed E-state index contributed by atoms with van der Waals surface area (Å²) < 4.78 is 10.1. The van der Waals surface area contributed by atoms with E-state index < -0.39 is 5.97 Å². The molecule has 0 aromatic heterocycles. The molecule has 5 nitrogen and oxygen atoms in total. The van der Waals surface area contributed by atoms with E-state index in [-0.39, 0.29) is 12.0 Å². The summed E-state index contributed by atoms with van der Waals surface area (Å²) in [5.74, 6) is -1.14. The first-order valence-electron chi connectivity index (χ1n) is 5.99. The Kier molecular flexibility index (Phi) is 9.03. The molecule has 0 saturated heterocycles. The second-order valence-corrected chi connectivity index (χ2v) is 4.24. The molecule has 0 fully saturated rings. The number of carbonyl (C=O) groups is 1. The van der Waals surface area contributed by atoms with E-state index in [0.717, 1.165) is 19.5 Å². The molecule has 2 unspecified atom stereocenters. The Morgan fingerprint density at radius 3 is 2.24 bits per heavy atom. The van der Waals surface area contributed by atoms with Crippen LogP contribution < -0.4 is 0 Å². The average Bonchev–Trinajstić information content (AvgIpc) is 2.31. The predicted octanol–water partition coefficient (Wildman–Crippen LogP) is 1.08. The summed E-state index contributed by atoms with van der Waals surface area (Å²) in [5, 5.41) is 9.02. The molecule has 102 valence electrons. The van der Waals surface area contributed by atoms with Gasteiger partial charge < -0.3 is 14.6 Å². The molecule has 5 heteroatoms. The van der Waals surface area contributed by atoms with E-state index in [0.29, 0.717) is 13.2 Å². The Bertz CT molecular complexity index is 211. The first kappa shape index (κ1) is 16.4. The molecular weight excluding hydrogens is 222 g/mol. The minimum absolute atomic E-state index is 0.000457. The highest BCUT2D eigenvalue weighted by atomic mass is 16.5. The molecular formula is C12H25NO4. The molecule has 0 aromatic rings. The third kappa shape index (κ3) is 6.61. The summed E-state index contributed by atoms with van der Waals surface area (Å²) in [6, 6.07) is -0.000457. The highest BCUT2D eigenvalue weighted by Gasteiger charge is 2.24. The Balaban J connectivity index is 4.27. The summed E-state index contributed by atoms with van der Waals surface area (Å²) >= 11 is 0. The van der Waals surface area contributed by atoms with Crippen LogP contribution >= 0.6 is 0 Å². The molecule has 17 heavy (non-hydrogen) atoms. The molecule has 0 spiro atoms. The van der Waals surface area contributed by atoms with Gasteiger partial charge in [-0.05, 0) is 13.3 Å². The largest absolute Gasteiger partial charge is 0.481 e. The van der Waals surface area contributed by atoms with Gasteiger partial charge in [-0.1, -0.05) is 6.92 Å². The van der Waals surface area contributed by atoms with Gasteiger partial charge in [0.2, 0.25) is 0 Å². The van der Waals surface area contributed by atoms with Crippen molar-refractivity contribution in [3.8, 4) is 0 Å². The van der Waals surface area contributed by atoms with Crippen LogP contribution in [-0.4, -0.2) is 62.5 Å². The smallest absolute Gasteiger partial charge is 0.307 e. The van der Waals surface area contributed by atoms with Crippen molar-refractivity contribution in [2.45, 2.75) is 26.3 Å². The van der Waals surface area contributed by atoms with Crippen molar-refractivity contribution in [3.05, 3.63) is 0 Å². The standard InChI is InChI=1S/C12H25NO4/c1-10(12(14)15)11(2)13(7-9-17-4)6-5-8-16-3/h10-11H,5-9H2,1-4H3,(H,14,15). The summed E-state index contributed by atoms with van der Waals surface area (Å²) in [7, 11) is 3.32. The lowest BCUT2D eigenvalue weighted by atomic mass is 10.0. The number of hydrogen-bond acceptors (Lipinski definition) is 4. The zero-order valence-electron chi connectivity index (χ0n) is 11.3. The Labute approximate surface area is 104 Å². The molecule has 0 bridgehead atoms. The lowest BCUT2D eigenvalue weighted by molar-refractivity contribution is -0.143. The summed E-state index contributed by atoms with van der Waals surface area (Å²) in [4.78, 5) is 13.1. The summed E-state index contributed by atoms with van der Waals surface area (Å²) in [6.45, 7) is 6.57. The Morgan fingerprint density at radius 1 is 1.18 bits per heavy atom. The normalized spacial score (nSPS) is 14.9. The molecule has 0 aliphatic heterocycles. The number of nitrogens with zero attached hydrogens (tertiary/aromatic N) is 1. The summed E-state index contributed by atoms with van der Waals surface area (Å²) in [5.41, 5.74) is 0. The zero-order valence-corrected chi connectivity index (χ0v) is 11.3. The van der Waals surface area contributed by atoms with Crippen LogP contribution in [0.25, 0.3) is 0 Å². The first-order valence-corrected chi connectivity index (χ1v) is 5.99. The van der Waals surface area contributed by atoms with E-state index in [9.17, 15) is 4.79 Å². The quantitative estimate of drug-likeness (QED) is 0.585. The molecule has 0 rings (SSSR count). The van der Waals surface area contributed by atoms with Crippen LogP contribution in [0.2, 0.25) is 0 Å². The SMILES string of the molecule is COCCCN(CCOC)C(C)C(C)C(=O)O. The Morgan fingerprint density at radius 2 is 1.76 bits per heavy atom. The van der Waals surface area contributed by atoms with Crippen molar-refractivity contribution in [2.24, 2.45) is 5.92 Å². The highest BCUT2D eigenvalue weighted by molar-refractivity contribution is 5.70. The minimum atomic E-state index is -0.758. The van der Waals surface area contributed by atoms with Crippen molar-refractivity contribution in [2.75, 3.05) is 40.5 Å². The molecule has 2 atom stereocenters. The number of aliphatic carboxylic acids is 1. The maximum atomic E-state index is 11.0. The topological polar surface area (TPSA) is 59.0 Å². The molecule has 0 radical (unpaired) electrons. The minimum Gasteiger partial charge on any atom is -0.481 e. The maximum absolute atomic E-state index is 11.0. The third-order valence-electron chi connectivity index (χ3n) is 3.07. The van der Waals surface area contributed by atoms with Crippen molar-refractivity contribution in [1.82, 2.24) is 4.90 Å². The number of carboxylic acids is 1. The number of carboxylic acid groups (broad SMARTS) is 1. The Hall–Kier alpha value is -0.650. The molecule has 0 aliphatic rings. The summed E-state index contributed by atoms with van der Waals surface area (Å²) in [6.07, 6.45) is 0.900. The van der Waals surface area contributed by atoms with E-state index in [1.165, 1.54) is 0 Å². The van der Waals surface area contributed by atoms with Crippen molar-refractivity contribution in [1.29, 1.82) is 0 Å². The average molecular weight is 247 g/mol. The lowest BCUT2D eigenvalue weighted by Gasteiger charge is -2.31. The van der Waals surface area contributed by atoms with Gasteiger partial charge in [0.25, 0.3) is 0 Å². The van der Waals surface area contributed by atoms with Gasteiger partial charge in [-0.3, -0.25) is 9.69 Å². The van der Waals surface area contributed by atoms with Crippen molar-refractivity contribution >= 4 is 5.97 Å².